The summed E-state index contributed by atoms with van der Waals surface area (Å²) < 4.78 is 0. The Morgan fingerprint density at radius 2 is 2.13 bits per heavy atom. The molecule has 0 bridgehead atoms. The van der Waals surface area contributed by atoms with Gasteiger partial charge in [0.1, 0.15) is 0 Å². The molecule has 1 rings (SSSR count). The normalized spacial score (nSPS) is 36.5. The van der Waals surface area contributed by atoms with Gasteiger partial charge in [0.15, 0.2) is 0 Å². The van der Waals surface area contributed by atoms with Crippen LogP contribution in [0.25, 0.3) is 0 Å². The zero-order valence-corrected chi connectivity index (χ0v) is 10.1. The quantitative estimate of drug-likeness (QED) is 0.744. The van der Waals surface area contributed by atoms with E-state index in [4.69, 9.17) is 5.73 Å². The summed E-state index contributed by atoms with van der Waals surface area (Å²) in [5, 5.41) is 3.51. The van der Waals surface area contributed by atoms with Crippen molar-refractivity contribution in [2.75, 3.05) is 0 Å². The molecule has 1 fully saturated rings. The first-order valence-corrected chi connectivity index (χ1v) is 6.11. The van der Waals surface area contributed by atoms with Gasteiger partial charge in [-0.1, -0.05) is 26.7 Å². The number of unbranched alkanes of at least 4 members (excludes halogenated alkanes) is 1. The Labute approximate surface area is 92.8 Å². The molecule has 88 valence electrons. The molecule has 1 saturated heterocycles. The Bertz CT molecular complexity index is 218. The van der Waals surface area contributed by atoms with Crippen molar-refractivity contribution in [3.63, 3.8) is 0 Å². The fourth-order valence-corrected chi connectivity index (χ4v) is 2.80. The number of carbonyl (C=O) groups excluding carboxylic acids is 1. The number of rotatable bonds is 4. The van der Waals surface area contributed by atoms with Crippen molar-refractivity contribution < 1.29 is 4.79 Å². The average molecular weight is 212 g/mol. The molecule has 1 amide bonds. The molecule has 0 aromatic rings. The van der Waals surface area contributed by atoms with Crippen molar-refractivity contribution in [3.05, 3.63) is 0 Å². The number of primary amides is 1. The van der Waals surface area contributed by atoms with Gasteiger partial charge in [-0.05, 0) is 25.7 Å². The highest BCUT2D eigenvalue weighted by molar-refractivity contribution is 5.77. The summed E-state index contributed by atoms with van der Waals surface area (Å²) in [4.78, 5) is 11.4. The molecule has 0 aromatic carbocycles. The second-order valence-electron chi connectivity index (χ2n) is 4.96. The Morgan fingerprint density at radius 1 is 1.47 bits per heavy atom. The second-order valence-corrected chi connectivity index (χ2v) is 4.96. The SMILES string of the molecule is CCCCC1NC(C)CC(C)C1C(N)=O. The van der Waals surface area contributed by atoms with Gasteiger partial charge in [-0.3, -0.25) is 4.79 Å². The Morgan fingerprint density at radius 3 is 2.67 bits per heavy atom. The lowest BCUT2D eigenvalue weighted by Crippen LogP contribution is -2.54. The van der Waals surface area contributed by atoms with E-state index >= 15 is 0 Å². The molecule has 1 aliphatic heterocycles. The van der Waals surface area contributed by atoms with E-state index in [1.165, 1.54) is 12.8 Å². The predicted octanol–water partition coefficient (Wildman–Crippen LogP) is 1.66. The molecule has 0 aromatic heterocycles. The summed E-state index contributed by atoms with van der Waals surface area (Å²) in [7, 11) is 0. The summed E-state index contributed by atoms with van der Waals surface area (Å²) in [5.41, 5.74) is 5.49. The number of amides is 1. The number of hydrogen-bond acceptors (Lipinski definition) is 2. The van der Waals surface area contributed by atoms with Crippen LogP contribution >= 0.6 is 0 Å². The Balaban J connectivity index is 2.64. The topological polar surface area (TPSA) is 55.1 Å². The first-order chi connectivity index (χ1) is 7.06. The van der Waals surface area contributed by atoms with E-state index in [0.717, 1.165) is 12.8 Å². The van der Waals surface area contributed by atoms with Crippen LogP contribution in [0.15, 0.2) is 0 Å². The van der Waals surface area contributed by atoms with Gasteiger partial charge in [0.25, 0.3) is 0 Å². The molecule has 4 unspecified atom stereocenters. The summed E-state index contributed by atoms with van der Waals surface area (Å²) in [5.74, 6) is 0.302. The van der Waals surface area contributed by atoms with E-state index in [2.05, 4.69) is 26.1 Å². The molecule has 4 atom stereocenters. The van der Waals surface area contributed by atoms with Gasteiger partial charge in [-0.2, -0.15) is 0 Å². The Kier molecular flexibility index (Phi) is 4.58. The van der Waals surface area contributed by atoms with Crippen molar-refractivity contribution in [2.45, 2.75) is 58.5 Å². The number of hydrogen-bond donors (Lipinski definition) is 2. The van der Waals surface area contributed by atoms with Crippen LogP contribution in [0.5, 0.6) is 0 Å². The van der Waals surface area contributed by atoms with Crippen molar-refractivity contribution in [3.8, 4) is 0 Å². The van der Waals surface area contributed by atoms with Gasteiger partial charge in [0, 0.05) is 12.1 Å². The van der Waals surface area contributed by atoms with E-state index in [9.17, 15) is 4.79 Å². The monoisotopic (exact) mass is 212 g/mol. The highest BCUT2D eigenvalue weighted by Crippen LogP contribution is 2.28. The van der Waals surface area contributed by atoms with Gasteiger partial charge >= 0.3 is 0 Å². The summed E-state index contributed by atoms with van der Waals surface area (Å²) in [6.07, 6.45) is 4.46. The third-order valence-corrected chi connectivity index (χ3v) is 3.47. The minimum absolute atomic E-state index is 0.0211. The fraction of sp³-hybridized carbons (Fsp3) is 0.917. The van der Waals surface area contributed by atoms with Crippen molar-refractivity contribution in [1.29, 1.82) is 0 Å². The van der Waals surface area contributed by atoms with E-state index in [-0.39, 0.29) is 11.8 Å². The van der Waals surface area contributed by atoms with Gasteiger partial charge < -0.3 is 11.1 Å². The van der Waals surface area contributed by atoms with Crippen LogP contribution in [-0.2, 0) is 4.79 Å². The van der Waals surface area contributed by atoms with Crippen LogP contribution < -0.4 is 11.1 Å². The standard InChI is InChI=1S/C12H24N2O/c1-4-5-6-10-11(12(13)15)8(2)7-9(3)14-10/h8-11,14H,4-7H2,1-3H3,(H2,13,15). The lowest BCUT2D eigenvalue weighted by molar-refractivity contribution is -0.125. The summed E-state index contributed by atoms with van der Waals surface area (Å²) in [6, 6.07) is 0.804. The molecular weight excluding hydrogens is 188 g/mol. The average Bonchev–Trinajstić information content (AvgIpc) is 2.12. The third-order valence-electron chi connectivity index (χ3n) is 3.47. The van der Waals surface area contributed by atoms with E-state index in [1.54, 1.807) is 0 Å². The molecule has 3 nitrogen and oxygen atoms in total. The third kappa shape index (κ3) is 3.20. The van der Waals surface area contributed by atoms with Gasteiger partial charge in [0.2, 0.25) is 5.91 Å². The minimum Gasteiger partial charge on any atom is -0.369 e. The highest BCUT2D eigenvalue weighted by atomic mass is 16.1. The molecule has 0 radical (unpaired) electrons. The van der Waals surface area contributed by atoms with Crippen molar-refractivity contribution in [1.82, 2.24) is 5.32 Å². The van der Waals surface area contributed by atoms with E-state index < -0.39 is 0 Å². The zero-order chi connectivity index (χ0) is 11.4. The molecule has 1 aliphatic rings. The maximum absolute atomic E-state index is 11.4. The molecule has 0 spiro atoms. The van der Waals surface area contributed by atoms with Crippen molar-refractivity contribution >= 4 is 5.91 Å². The van der Waals surface area contributed by atoms with Crippen molar-refractivity contribution in [2.24, 2.45) is 17.6 Å². The first kappa shape index (κ1) is 12.5. The molecule has 3 heteroatoms. The number of piperidine rings is 1. The van der Waals surface area contributed by atoms with Crippen LogP contribution in [0.2, 0.25) is 0 Å². The van der Waals surface area contributed by atoms with Crippen LogP contribution in [-0.4, -0.2) is 18.0 Å². The fourth-order valence-electron chi connectivity index (χ4n) is 2.80. The van der Waals surface area contributed by atoms with E-state index in [1.807, 2.05) is 0 Å². The molecular formula is C12H24N2O. The Hall–Kier alpha value is -0.570. The highest BCUT2D eigenvalue weighted by Gasteiger charge is 2.36. The van der Waals surface area contributed by atoms with E-state index in [0.29, 0.717) is 18.0 Å². The number of nitrogens with two attached hydrogens (primary N) is 1. The maximum atomic E-state index is 11.4. The number of carbonyl (C=O) groups is 1. The van der Waals surface area contributed by atoms with Crippen LogP contribution in [0.3, 0.4) is 0 Å². The summed E-state index contributed by atoms with van der Waals surface area (Å²) >= 11 is 0. The minimum atomic E-state index is -0.136. The largest absolute Gasteiger partial charge is 0.369 e. The molecule has 3 N–H and O–H groups in total. The predicted molar refractivity (Wildman–Crippen MR) is 62.4 cm³/mol. The van der Waals surface area contributed by atoms with Crippen LogP contribution in [0, 0.1) is 11.8 Å². The van der Waals surface area contributed by atoms with Gasteiger partial charge in [-0.15, -0.1) is 0 Å². The van der Waals surface area contributed by atoms with Crippen LogP contribution in [0.4, 0.5) is 0 Å². The summed E-state index contributed by atoms with van der Waals surface area (Å²) in [6.45, 7) is 6.51. The lowest BCUT2D eigenvalue weighted by atomic mass is 9.77. The first-order valence-electron chi connectivity index (χ1n) is 6.11. The second kappa shape index (κ2) is 5.50. The lowest BCUT2D eigenvalue weighted by Gasteiger charge is -2.39. The number of nitrogens with one attached hydrogen (secondary N) is 1. The molecule has 0 aliphatic carbocycles. The molecule has 0 saturated carbocycles. The van der Waals surface area contributed by atoms with Gasteiger partial charge in [-0.25, -0.2) is 0 Å². The van der Waals surface area contributed by atoms with Gasteiger partial charge in [0.05, 0.1) is 5.92 Å². The molecule has 15 heavy (non-hydrogen) atoms. The van der Waals surface area contributed by atoms with Crippen LogP contribution in [0.1, 0.15) is 46.5 Å². The maximum Gasteiger partial charge on any atom is 0.222 e. The molecule has 1 heterocycles. The zero-order valence-electron chi connectivity index (χ0n) is 10.1. The smallest absolute Gasteiger partial charge is 0.222 e.